The van der Waals surface area contributed by atoms with Crippen molar-refractivity contribution in [2.75, 3.05) is 5.32 Å². The lowest BCUT2D eigenvalue weighted by molar-refractivity contribution is -0.137. The Morgan fingerprint density at radius 3 is 2.38 bits per heavy atom. The molecule has 1 aromatic carbocycles. The van der Waals surface area contributed by atoms with Crippen molar-refractivity contribution >= 4 is 21.6 Å². The van der Waals surface area contributed by atoms with E-state index in [1.165, 1.54) is 0 Å². The van der Waals surface area contributed by atoms with E-state index in [1.807, 2.05) is 0 Å². The summed E-state index contributed by atoms with van der Waals surface area (Å²) in [5, 5.41) is 2.94. The van der Waals surface area contributed by atoms with Gasteiger partial charge in [-0.25, -0.2) is 4.98 Å². The van der Waals surface area contributed by atoms with Crippen LogP contribution in [-0.2, 0) is 0 Å². The second-order valence-electron chi connectivity index (χ2n) is 4.69. The molecule has 0 spiro atoms. The largest absolute Gasteiger partial charge is 0.391 e. The highest BCUT2D eigenvalue weighted by Gasteiger charge is 2.32. The van der Waals surface area contributed by atoms with Crippen molar-refractivity contribution in [2.24, 2.45) is 0 Å². The van der Waals surface area contributed by atoms with Crippen molar-refractivity contribution in [3.8, 4) is 0 Å². The van der Waals surface area contributed by atoms with Crippen molar-refractivity contribution in [2.45, 2.75) is 25.6 Å². The van der Waals surface area contributed by atoms with Crippen LogP contribution in [0.4, 0.5) is 18.9 Å². The zero-order valence-electron chi connectivity index (χ0n) is 11.3. The summed E-state index contributed by atoms with van der Waals surface area (Å²) in [5.74, 6) is 0. The minimum atomic E-state index is -4.25. The molecule has 21 heavy (non-hydrogen) atoms. The van der Waals surface area contributed by atoms with Gasteiger partial charge in [-0.3, -0.25) is 0 Å². The molecular formula is C15H14BrF3N2. The standard InChI is InChI=1S/C15H14BrF3N2/c1-10-12(7-8-14(16)20-10)21-13(9-15(17,18)19)11-5-3-2-4-6-11/h2-8,13,21H,9H2,1H3. The molecule has 0 radical (unpaired) electrons. The molecule has 1 heterocycles. The summed E-state index contributed by atoms with van der Waals surface area (Å²) in [6.07, 6.45) is -5.18. The molecule has 0 aliphatic carbocycles. The summed E-state index contributed by atoms with van der Waals surface area (Å²) in [4.78, 5) is 4.19. The van der Waals surface area contributed by atoms with Crippen molar-refractivity contribution in [1.82, 2.24) is 4.98 Å². The van der Waals surface area contributed by atoms with Gasteiger partial charge in [-0.1, -0.05) is 30.3 Å². The van der Waals surface area contributed by atoms with Gasteiger partial charge >= 0.3 is 6.18 Å². The van der Waals surface area contributed by atoms with Crippen LogP contribution in [0.5, 0.6) is 0 Å². The number of halogens is 4. The summed E-state index contributed by atoms with van der Waals surface area (Å²) < 4.78 is 39.0. The number of alkyl halides is 3. The fraction of sp³-hybridized carbons (Fsp3) is 0.267. The number of aryl methyl sites for hydroxylation is 1. The van der Waals surface area contributed by atoms with E-state index < -0.39 is 18.6 Å². The van der Waals surface area contributed by atoms with Gasteiger partial charge in [0.1, 0.15) is 4.60 Å². The molecule has 2 nitrogen and oxygen atoms in total. The number of aromatic nitrogens is 1. The van der Waals surface area contributed by atoms with Crippen LogP contribution in [0.2, 0.25) is 0 Å². The molecule has 0 amide bonds. The summed E-state index contributed by atoms with van der Waals surface area (Å²) in [7, 11) is 0. The topological polar surface area (TPSA) is 24.9 Å². The first-order valence-electron chi connectivity index (χ1n) is 6.36. The van der Waals surface area contributed by atoms with E-state index in [2.05, 4.69) is 26.2 Å². The van der Waals surface area contributed by atoms with Crippen molar-refractivity contribution < 1.29 is 13.2 Å². The maximum Gasteiger partial charge on any atom is 0.391 e. The van der Waals surface area contributed by atoms with Crippen molar-refractivity contribution in [3.63, 3.8) is 0 Å². The molecule has 6 heteroatoms. The number of nitrogens with one attached hydrogen (secondary N) is 1. The first kappa shape index (κ1) is 15.8. The Morgan fingerprint density at radius 1 is 1.14 bits per heavy atom. The summed E-state index contributed by atoms with van der Waals surface area (Å²) in [6, 6.07) is 11.2. The maximum absolute atomic E-state index is 12.8. The maximum atomic E-state index is 12.8. The van der Waals surface area contributed by atoms with Gasteiger partial charge in [-0.15, -0.1) is 0 Å². The Labute approximate surface area is 129 Å². The van der Waals surface area contributed by atoms with Crippen LogP contribution in [0.25, 0.3) is 0 Å². The molecule has 0 fully saturated rings. The SMILES string of the molecule is Cc1nc(Br)ccc1NC(CC(F)(F)F)c1ccccc1. The van der Waals surface area contributed by atoms with Crippen LogP contribution in [0.1, 0.15) is 23.7 Å². The molecule has 0 saturated heterocycles. The highest BCUT2D eigenvalue weighted by atomic mass is 79.9. The molecule has 112 valence electrons. The van der Waals surface area contributed by atoms with Crippen LogP contribution in [0, 0.1) is 6.92 Å². The molecule has 1 atom stereocenters. The predicted octanol–water partition coefficient (Wildman–Crippen LogP) is 5.26. The normalized spacial score (nSPS) is 13.0. The smallest absolute Gasteiger partial charge is 0.376 e. The third-order valence-electron chi connectivity index (χ3n) is 3.02. The van der Waals surface area contributed by atoms with Crippen LogP contribution in [0.15, 0.2) is 47.1 Å². The van der Waals surface area contributed by atoms with E-state index in [0.29, 0.717) is 21.5 Å². The van der Waals surface area contributed by atoms with Gasteiger partial charge in [0.25, 0.3) is 0 Å². The number of hydrogen-bond donors (Lipinski definition) is 1. The number of rotatable bonds is 4. The van der Waals surface area contributed by atoms with Gasteiger partial charge in [0.15, 0.2) is 0 Å². The number of pyridine rings is 1. The molecule has 1 aromatic heterocycles. The highest BCUT2D eigenvalue weighted by molar-refractivity contribution is 9.10. The Bertz CT molecular complexity index is 600. The number of nitrogens with zero attached hydrogens (tertiary/aromatic N) is 1. The van der Waals surface area contributed by atoms with Crippen molar-refractivity contribution in [3.05, 3.63) is 58.3 Å². The van der Waals surface area contributed by atoms with E-state index in [9.17, 15) is 13.2 Å². The van der Waals surface area contributed by atoms with Gasteiger partial charge in [-0.2, -0.15) is 13.2 Å². The van der Waals surface area contributed by atoms with Crippen LogP contribution in [0.3, 0.4) is 0 Å². The minimum absolute atomic E-state index is 0.594. The first-order chi connectivity index (χ1) is 9.85. The third kappa shape index (κ3) is 4.74. The molecule has 0 saturated carbocycles. The lowest BCUT2D eigenvalue weighted by atomic mass is 10.0. The molecule has 1 N–H and O–H groups in total. The molecule has 0 aliphatic heterocycles. The van der Waals surface area contributed by atoms with E-state index in [1.54, 1.807) is 49.4 Å². The zero-order chi connectivity index (χ0) is 15.5. The fourth-order valence-electron chi connectivity index (χ4n) is 2.04. The Balaban J connectivity index is 2.28. The monoisotopic (exact) mass is 358 g/mol. The Hall–Kier alpha value is -1.56. The van der Waals surface area contributed by atoms with Gasteiger partial charge < -0.3 is 5.32 Å². The lowest BCUT2D eigenvalue weighted by Crippen LogP contribution is -2.20. The molecule has 1 unspecified atom stereocenters. The van der Waals surface area contributed by atoms with Gasteiger partial charge in [0.05, 0.1) is 23.8 Å². The van der Waals surface area contributed by atoms with Crippen LogP contribution < -0.4 is 5.32 Å². The van der Waals surface area contributed by atoms with Gasteiger partial charge in [0.2, 0.25) is 0 Å². The van der Waals surface area contributed by atoms with E-state index in [0.717, 1.165) is 0 Å². The van der Waals surface area contributed by atoms with E-state index in [4.69, 9.17) is 0 Å². The average molecular weight is 359 g/mol. The lowest BCUT2D eigenvalue weighted by Gasteiger charge is -2.22. The molecule has 0 bridgehead atoms. The van der Waals surface area contributed by atoms with E-state index in [-0.39, 0.29) is 0 Å². The van der Waals surface area contributed by atoms with Crippen LogP contribution in [-0.4, -0.2) is 11.2 Å². The zero-order valence-corrected chi connectivity index (χ0v) is 12.9. The minimum Gasteiger partial charge on any atom is -0.376 e. The van der Waals surface area contributed by atoms with Gasteiger partial charge in [-0.05, 0) is 40.5 Å². The number of anilines is 1. The molecular weight excluding hydrogens is 345 g/mol. The summed E-state index contributed by atoms with van der Waals surface area (Å²) in [5.41, 5.74) is 1.83. The van der Waals surface area contributed by atoms with Crippen molar-refractivity contribution in [1.29, 1.82) is 0 Å². The predicted molar refractivity (Wildman–Crippen MR) is 80.2 cm³/mol. The average Bonchev–Trinajstić information content (AvgIpc) is 2.40. The second-order valence-corrected chi connectivity index (χ2v) is 5.51. The quantitative estimate of drug-likeness (QED) is 0.754. The molecule has 0 aliphatic rings. The van der Waals surface area contributed by atoms with Crippen LogP contribution >= 0.6 is 15.9 Å². The third-order valence-corrected chi connectivity index (χ3v) is 3.46. The second kappa shape index (κ2) is 6.47. The first-order valence-corrected chi connectivity index (χ1v) is 7.16. The summed E-state index contributed by atoms with van der Waals surface area (Å²) in [6.45, 7) is 1.75. The Morgan fingerprint density at radius 2 is 1.81 bits per heavy atom. The fourth-order valence-corrected chi connectivity index (χ4v) is 2.44. The molecule has 2 rings (SSSR count). The summed E-state index contributed by atoms with van der Waals surface area (Å²) >= 11 is 3.24. The number of benzene rings is 1. The molecule has 2 aromatic rings. The Kier molecular flexibility index (Phi) is 4.88. The highest BCUT2D eigenvalue weighted by Crippen LogP contribution is 2.32. The number of hydrogen-bond acceptors (Lipinski definition) is 2. The van der Waals surface area contributed by atoms with E-state index >= 15 is 0 Å². The van der Waals surface area contributed by atoms with Gasteiger partial charge in [0, 0.05) is 0 Å².